The molecule has 0 aliphatic heterocycles. The number of nitrogens with zero attached hydrogens (tertiary/aromatic N) is 2. The van der Waals surface area contributed by atoms with Crippen LogP contribution in [-0.4, -0.2) is 9.55 Å². The minimum atomic E-state index is -0.530. The van der Waals surface area contributed by atoms with Crippen molar-refractivity contribution in [1.29, 1.82) is 0 Å². The molecule has 0 amide bonds. The van der Waals surface area contributed by atoms with Crippen LogP contribution in [0.15, 0.2) is 109 Å². The van der Waals surface area contributed by atoms with Crippen LogP contribution in [0.3, 0.4) is 0 Å². The van der Waals surface area contributed by atoms with Crippen molar-refractivity contribution in [3.8, 4) is 10.6 Å². The molecule has 0 aliphatic rings. The van der Waals surface area contributed by atoms with E-state index in [4.69, 9.17) is 4.98 Å². The molecule has 3 aromatic carbocycles. The second-order valence-corrected chi connectivity index (χ2v) is 9.74. The van der Waals surface area contributed by atoms with Gasteiger partial charge in [-0.25, -0.2) is 4.98 Å². The second-order valence-electron chi connectivity index (χ2n) is 7.48. The number of rotatable bonds is 5. The van der Waals surface area contributed by atoms with Crippen LogP contribution < -0.4 is 0 Å². The van der Waals surface area contributed by atoms with Crippen LogP contribution >= 0.6 is 33.9 Å². The number of thiophene rings is 1. The molecule has 0 bridgehead atoms. The maximum atomic E-state index is 5.00. The van der Waals surface area contributed by atoms with E-state index < -0.39 is 5.54 Å². The summed E-state index contributed by atoms with van der Waals surface area (Å²) in [7, 11) is 0. The van der Waals surface area contributed by atoms with Crippen molar-refractivity contribution in [1.82, 2.24) is 9.55 Å². The third-order valence-corrected chi connectivity index (χ3v) is 7.38. The van der Waals surface area contributed by atoms with Crippen LogP contribution in [-0.2, 0) is 5.54 Å². The van der Waals surface area contributed by atoms with Crippen molar-refractivity contribution in [2.45, 2.75) is 12.5 Å². The van der Waals surface area contributed by atoms with Crippen molar-refractivity contribution < 1.29 is 0 Å². The van der Waals surface area contributed by atoms with Gasteiger partial charge >= 0.3 is 0 Å². The molecule has 0 radical (unpaired) electrons. The van der Waals surface area contributed by atoms with Gasteiger partial charge in [0.2, 0.25) is 0 Å². The van der Waals surface area contributed by atoms with Crippen LogP contribution in [0.2, 0.25) is 0 Å². The van der Waals surface area contributed by atoms with Gasteiger partial charge in [-0.2, -0.15) is 0 Å². The van der Waals surface area contributed by atoms with Gasteiger partial charge in [0.05, 0.1) is 10.6 Å². The second kappa shape index (κ2) is 8.44. The predicted molar refractivity (Wildman–Crippen MR) is 138 cm³/mol. The molecule has 0 aliphatic carbocycles. The quantitative estimate of drug-likeness (QED) is 0.171. The fourth-order valence-corrected chi connectivity index (χ4v) is 5.82. The van der Waals surface area contributed by atoms with E-state index in [9.17, 15) is 0 Å². The lowest BCUT2D eigenvalue weighted by Crippen LogP contribution is -2.38. The lowest BCUT2D eigenvalue weighted by molar-refractivity contribution is 0.503. The van der Waals surface area contributed by atoms with Crippen LogP contribution in [0.1, 0.15) is 21.6 Å². The summed E-state index contributed by atoms with van der Waals surface area (Å²) in [6.45, 7) is 2.14. The minimum absolute atomic E-state index is 0.530. The molecule has 152 valence electrons. The van der Waals surface area contributed by atoms with Crippen molar-refractivity contribution in [2.75, 3.05) is 0 Å². The molecule has 0 unspecified atom stereocenters. The summed E-state index contributed by atoms with van der Waals surface area (Å²) >= 11 is 4.16. The Hall–Kier alpha value is -2.70. The van der Waals surface area contributed by atoms with Crippen LogP contribution in [0.25, 0.3) is 10.6 Å². The van der Waals surface area contributed by atoms with E-state index in [-0.39, 0.29) is 0 Å². The summed E-state index contributed by atoms with van der Waals surface area (Å²) in [5.74, 6) is 0. The van der Waals surface area contributed by atoms with Crippen molar-refractivity contribution in [2.24, 2.45) is 0 Å². The Morgan fingerprint density at radius 3 is 1.61 bits per heavy atom. The Kier molecular flexibility index (Phi) is 5.50. The van der Waals surface area contributed by atoms with Gasteiger partial charge in [0.1, 0.15) is 5.54 Å². The summed E-state index contributed by atoms with van der Waals surface area (Å²) in [6, 6.07) is 36.5. The van der Waals surface area contributed by atoms with Gasteiger partial charge in [-0.05, 0) is 58.3 Å². The lowest BCUT2D eigenvalue weighted by atomic mass is 9.77. The highest BCUT2D eigenvalue weighted by atomic mass is 127. The topological polar surface area (TPSA) is 17.8 Å². The van der Waals surface area contributed by atoms with Crippen molar-refractivity contribution in [3.63, 3.8) is 0 Å². The smallest absolute Gasteiger partial charge is 0.173 e. The largest absolute Gasteiger partial charge is 0.307 e. The highest BCUT2D eigenvalue weighted by Gasteiger charge is 2.39. The molecule has 0 saturated carbocycles. The third kappa shape index (κ3) is 3.54. The van der Waals surface area contributed by atoms with E-state index >= 15 is 0 Å². The number of imidazole rings is 1. The molecule has 0 atom stereocenters. The molecule has 2 heterocycles. The third-order valence-electron chi connectivity index (χ3n) is 5.59. The number of halogens is 1. The van der Waals surface area contributed by atoms with Gasteiger partial charge in [-0.3, -0.25) is 0 Å². The van der Waals surface area contributed by atoms with E-state index in [1.54, 1.807) is 11.3 Å². The van der Waals surface area contributed by atoms with Crippen LogP contribution in [0.4, 0.5) is 0 Å². The SMILES string of the molecule is Cc1ccc(-c2cn(C(c3ccccc3)(c3ccccc3)c3ccccc3)c(I)n2)s1. The fourth-order valence-electron chi connectivity index (χ4n) is 4.24. The zero-order valence-corrected chi connectivity index (χ0v) is 20.0. The summed E-state index contributed by atoms with van der Waals surface area (Å²) < 4.78 is 3.29. The van der Waals surface area contributed by atoms with E-state index in [1.807, 2.05) is 0 Å². The molecule has 31 heavy (non-hydrogen) atoms. The number of aryl methyl sites for hydroxylation is 1. The van der Waals surface area contributed by atoms with Crippen LogP contribution in [0, 0.1) is 10.8 Å². The molecule has 0 N–H and O–H groups in total. The summed E-state index contributed by atoms with van der Waals surface area (Å²) in [4.78, 5) is 7.48. The average Bonchev–Trinajstić information content (AvgIpc) is 3.43. The number of hydrogen-bond acceptors (Lipinski definition) is 2. The highest BCUT2D eigenvalue weighted by molar-refractivity contribution is 14.1. The fraction of sp³-hybridized carbons (Fsp3) is 0.0741. The summed E-state index contributed by atoms with van der Waals surface area (Å²) in [5, 5.41) is 0. The van der Waals surface area contributed by atoms with Gasteiger partial charge in [-0.1, -0.05) is 91.0 Å². The predicted octanol–water partition coefficient (Wildman–Crippen LogP) is 7.36. The average molecular weight is 532 g/mol. The van der Waals surface area contributed by atoms with Gasteiger partial charge in [0.15, 0.2) is 3.83 Å². The maximum absolute atomic E-state index is 5.00. The standard InChI is InChI=1S/C27H21IN2S/c1-20-17-18-25(31-20)24-19-30(26(28)29-24)27(21-11-5-2-6-12-21,22-13-7-3-8-14-22)23-15-9-4-10-16-23/h2-19H,1H3. The highest BCUT2D eigenvalue weighted by Crippen LogP contribution is 2.43. The molecule has 0 saturated heterocycles. The van der Waals surface area contributed by atoms with Gasteiger partial charge in [-0.15, -0.1) is 11.3 Å². The number of aromatic nitrogens is 2. The molecule has 2 aromatic heterocycles. The Labute approximate surface area is 200 Å². The maximum Gasteiger partial charge on any atom is 0.173 e. The molecule has 5 aromatic rings. The lowest BCUT2D eigenvalue weighted by Gasteiger charge is -2.38. The molecule has 0 spiro atoms. The van der Waals surface area contributed by atoms with Gasteiger partial charge < -0.3 is 4.57 Å². The van der Waals surface area contributed by atoms with Gasteiger partial charge in [0, 0.05) is 11.1 Å². The Bertz CT molecular complexity index is 1190. The first-order valence-electron chi connectivity index (χ1n) is 10.2. The van der Waals surface area contributed by atoms with E-state index in [0.29, 0.717) is 0 Å². The zero-order valence-electron chi connectivity index (χ0n) is 17.1. The molecule has 2 nitrogen and oxygen atoms in total. The van der Waals surface area contributed by atoms with Gasteiger partial charge in [0.25, 0.3) is 0 Å². The Morgan fingerprint density at radius 1 is 0.710 bits per heavy atom. The molecule has 0 fully saturated rings. The number of hydrogen-bond donors (Lipinski definition) is 0. The normalized spacial score (nSPS) is 11.5. The first kappa shape index (κ1) is 20.2. The Morgan fingerprint density at radius 2 is 1.19 bits per heavy atom. The van der Waals surface area contributed by atoms with E-state index in [2.05, 4.69) is 143 Å². The Balaban J connectivity index is 1.86. The first-order valence-corrected chi connectivity index (χ1v) is 12.1. The molecular formula is C27H21IN2S. The van der Waals surface area contributed by atoms with Crippen molar-refractivity contribution >= 4 is 33.9 Å². The van der Waals surface area contributed by atoms with Crippen molar-refractivity contribution in [3.05, 3.63) is 135 Å². The molecular weight excluding hydrogens is 511 g/mol. The monoisotopic (exact) mass is 532 g/mol. The van der Waals surface area contributed by atoms with Crippen LogP contribution in [0.5, 0.6) is 0 Å². The number of benzene rings is 3. The van der Waals surface area contributed by atoms with E-state index in [0.717, 1.165) is 9.53 Å². The molecule has 5 rings (SSSR count). The summed E-state index contributed by atoms with van der Waals surface area (Å²) in [6.07, 6.45) is 2.21. The molecule has 4 heteroatoms. The van der Waals surface area contributed by atoms with E-state index in [1.165, 1.54) is 26.4 Å². The minimum Gasteiger partial charge on any atom is -0.307 e. The first-order chi connectivity index (χ1) is 15.2. The summed E-state index contributed by atoms with van der Waals surface area (Å²) in [5.41, 5.74) is 4.09. The zero-order chi connectivity index (χ0) is 21.3.